The normalized spacial score (nSPS) is 31.9. The van der Waals surface area contributed by atoms with Crippen LogP contribution < -0.4 is 0 Å². The maximum absolute atomic E-state index is 11.5. The molecule has 0 aromatic carbocycles. The van der Waals surface area contributed by atoms with Gasteiger partial charge in [0.15, 0.2) is 0 Å². The second kappa shape index (κ2) is 5.17. The van der Waals surface area contributed by atoms with E-state index in [4.69, 9.17) is 4.84 Å². The number of rotatable bonds is 2. The summed E-state index contributed by atoms with van der Waals surface area (Å²) in [5, 5.41) is 1.91. The number of hydrogen-bond donors (Lipinski definition) is 0. The zero-order valence-corrected chi connectivity index (χ0v) is 10.3. The van der Waals surface area contributed by atoms with Crippen molar-refractivity contribution in [2.75, 3.05) is 0 Å². The van der Waals surface area contributed by atoms with Gasteiger partial charge in [0.2, 0.25) is 0 Å². The Balaban J connectivity index is 0.00000112. The first-order valence-electron chi connectivity index (χ1n) is 5.68. The fourth-order valence-electron chi connectivity index (χ4n) is 2.07. The summed E-state index contributed by atoms with van der Waals surface area (Å²) in [6, 6.07) is 0.780. The molecule has 2 atom stereocenters. The van der Waals surface area contributed by atoms with Gasteiger partial charge in [-0.2, -0.15) is 0 Å². The van der Waals surface area contributed by atoms with Gasteiger partial charge in [-0.3, -0.25) is 4.79 Å². The van der Waals surface area contributed by atoms with E-state index in [-0.39, 0.29) is 24.3 Å². The lowest BCUT2D eigenvalue weighted by atomic mass is 10.0. The lowest BCUT2D eigenvalue weighted by Crippen LogP contribution is -2.45. The number of piperidine rings is 1. The van der Waals surface area contributed by atoms with Gasteiger partial charge >= 0.3 is 5.97 Å². The molecule has 2 fully saturated rings. The van der Waals surface area contributed by atoms with Crippen LogP contribution in [0.3, 0.4) is 0 Å². The lowest BCUT2D eigenvalue weighted by Gasteiger charge is -2.36. The zero-order valence-electron chi connectivity index (χ0n) is 9.44. The fourth-order valence-corrected chi connectivity index (χ4v) is 2.07. The highest BCUT2D eigenvalue weighted by Gasteiger charge is 2.35. The summed E-state index contributed by atoms with van der Waals surface area (Å²) in [6.07, 6.45) is 5.58. The molecule has 1 aliphatic carbocycles. The number of hydroxylamine groups is 2. The summed E-state index contributed by atoms with van der Waals surface area (Å²) in [5.41, 5.74) is 0. The average molecular weight is 234 g/mol. The third kappa shape index (κ3) is 3.08. The first-order valence-corrected chi connectivity index (χ1v) is 5.68. The molecule has 0 radical (unpaired) electrons. The highest BCUT2D eigenvalue weighted by Crippen LogP contribution is 2.32. The Morgan fingerprint density at radius 1 is 1.13 bits per heavy atom. The van der Waals surface area contributed by atoms with Crippen molar-refractivity contribution in [2.45, 2.75) is 58.0 Å². The van der Waals surface area contributed by atoms with Crippen LogP contribution in [0.4, 0.5) is 0 Å². The van der Waals surface area contributed by atoms with Crippen LogP contribution in [0.1, 0.15) is 46.0 Å². The largest absolute Gasteiger partial charge is 0.367 e. The van der Waals surface area contributed by atoms with E-state index in [0.29, 0.717) is 12.1 Å². The van der Waals surface area contributed by atoms with Gasteiger partial charge in [0.25, 0.3) is 0 Å². The van der Waals surface area contributed by atoms with E-state index < -0.39 is 0 Å². The van der Waals surface area contributed by atoms with E-state index >= 15 is 0 Å². The van der Waals surface area contributed by atoms with Gasteiger partial charge in [-0.15, -0.1) is 17.5 Å². The van der Waals surface area contributed by atoms with Crippen molar-refractivity contribution in [1.82, 2.24) is 5.06 Å². The first kappa shape index (κ1) is 12.8. The van der Waals surface area contributed by atoms with E-state index in [9.17, 15) is 4.79 Å². The third-order valence-corrected chi connectivity index (χ3v) is 3.22. The number of halogens is 1. The van der Waals surface area contributed by atoms with Crippen LogP contribution in [0, 0.1) is 5.92 Å². The summed E-state index contributed by atoms with van der Waals surface area (Å²) in [4.78, 5) is 16.9. The molecule has 0 N–H and O–H groups in total. The van der Waals surface area contributed by atoms with Crippen molar-refractivity contribution in [1.29, 1.82) is 0 Å². The molecular formula is C11H20ClNO2. The Bertz CT molecular complexity index is 221. The predicted molar refractivity (Wildman–Crippen MR) is 60.7 cm³/mol. The monoisotopic (exact) mass is 233 g/mol. The van der Waals surface area contributed by atoms with Crippen LogP contribution in [-0.2, 0) is 9.63 Å². The maximum atomic E-state index is 11.5. The Morgan fingerprint density at radius 3 is 2.13 bits per heavy atom. The predicted octanol–water partition coefficient (Wildman–Crippen LogP) is 2.54. The highest BCUT2D eigenvalue weighted by atomic mass is 35.5. The standard InChI is InChI=1S/C11H19NO2.ClH/c1-8-4-3-5-9(2)12(8)14-11(13)10-6-7-10;/h8-10H,3-7H2,1-2H3;1H. The van der Waals surface area contributed by atoms with Crippen molar-refractivity contribution in [3.63, 3.8) is 0 Å². The lowest BCUT2D eigenvalue weighted by molar-refractivity contribution is -0.221. The second-order valence-corrected chi connectivity index (χ2v) is 4.67. The molecule has 2 aliphatic rings. The Hall–Kier alpha value is -0.280. The van der Waals surface area contributed by atoms with Gasteiger partial charge in [0, 0.05) is 12.1 Å². The van der Waals surface area contributed by atoms with E-state index in [0.717, 1.165) is 25.7 Å². The van der Waals surface area contributed by atoms with Gasteiger partial charge in [-0.05, 0) is 39.5 Å². The average Bonchev–Trinajstić information content (AvgIpc) is 2.94. The van der Waals surface area contributed by atoms with Gasteiger partial charge < -0.3 is 4.84 Å². The van der Waals surface area contributed by atoms with E-state index in [2.05, 4.69) is 13.8 Å². The number of nitrogens with zero attached hydrogens (tertiary/aromatic N) is 1. The number of hydrogen-bond acceptors (Lipinski definition) is 3. The molecule has 15 heavy (non-hydrogen) atoms. The molecule has 1 heterocycles. The van der Waals surface area contributed by atoms with Crippen molar-refractivity contribution in [3.05, 3.63) is 0 Å². The minimum Gasteiger partial charge on any atom is -0.367 e. The van der Waals surface area contributed by atoms with E-state index in [1.807, 2.05) is 5.06 Å². The van der Waals surface area contributed by atoms with E-state index in [1.54, 1.807) is 0 Å². The molecule has 0 spiro atoms. The number of carbonyl (C=O) groups excluding carboxylic acids is 1. The Labute approximate surface area is 97.5 Å². The third-order valence-electron chi connectivity index (χ3n) is 3.22. The minimum absolute atomic E-state index is 0. The molecule has 2 rings (SSSR count). The van der Waals surface area contributed by atoms with E-state index in [1.165, 1.54) is 6.42 Å². The molecular weight excluding hydrogens is 214 g/mol. The summed E-state index contributed by atoms with van der Waals surface area (Å²) < 4.78 is 0. The molecule has 88 valence electrons. The van der Waals surface area contributed by atoms with Crippen LogP contribution in [0.15, 0.2) is 0 Å². The molecule has 0 bridgehead atoms. The first-order chi connectivity index (χ1) is 6.68. The topological polar surface area (TPSA) is 29.5 Å². The van der Waals surface area contributed by atoms with Crippen LogP contribution >= 0.6 is 12.4 Å². The van der Waals surface area contributed by atoms with Crippen molar-refractivity contribution < 1.29 is 9.63 Å². The minimum atomic E-state index is -0.00870. The van der Waals surface area contributed by atoms with Gasteiger partial charge in [-0.25, -0.2) is 0 Å². The SMILES string of the molecule is CC1CCCC(C)N1OC(=O)C1CC1.Cl. The molecule has 3 nitrogen and oxygen atoms in total. The van der Waals surface area contributed by atoms with Gasteiger partial charge in [-0.1, -0.05) is 6.42 Å². The summed E-state index contributed by atoms with van der Waals surface area (Å²) in [6.45, 7) is 4.27. The quantitative estimate of drug-likeness (QED) is 0.734. The van der Waals surface area contributed by atoms with Crippen LogP contribution in [0.5, 0.6) is 0 Å². The summed E-state index contributed by atoms with van der Waals surface area (Å²) in [5.74, 6) is 0.196. The second-order valence-electron chi connectivity index (χ2n) is 4.67. The molecule has 1 saturated heterocycles. The smallest absolute Gasteiger partial charge is 0.328 e. The summed E-state index contributed by atoms with van der Waals surface area (Å²) in [7, 11) is 0. The zero-order chi connectivity index (χ0) is 10.1. The fraction of sp³-hybridized carbons (Fsp3) is 0.909. The molecule has 1 aliphatic heterocycles. The van der Waals surface area contributed by atoms with Crippen molar-refractivity contribution in [2.24, 2.45) is 5.92 Å². The highest BCUT2D eigenvalue weighted by molar-refractivity contribution is 5.85. The molecule has 0 amide bonds. The maximum Gasteiger partial charge on any atom is 0.328 e. The van der Waals surface area contributed by atoms with Crippen molar-refractivity contribution >= 4 is 18.4 Å². The molecule has 4 heteroatoms. The van der Waals surface area contributed by atoms with Crippen LogP contribution in [0.25, 0.3) is 0 Å². The number of carbonyl (C=O) groups is 1. The molecule has 0 aromatic rings. The van der Waals surface area contributed by atoms with Crippen LogP contribution in [0.2, 0.25) is 0 Å². The Kier molecular flexibility index (Phi) is 4.41. The summed E-state index contributed by atoms with van der Waals surface area (Å²) >= 11 is 0. The van der Waals surface area contributed by atoms with Crippen molar-refractivity contribution in [3.8, 4) is 0 Å². The van der Waals surface area contributed by atoms with Crippen LogP contribution in [-0.4, -0.2) is 23.1 Å². The molecule has 0 aromatic heterocycles. The molecule has 1 saturated carbocycles. The molecule has 2 unspecified atom stereocenters. The van der Waals surface area contributed by atoms with Gasteiger partial charge in [0.05, 0.1) is 5.92 Å². The van der Waals surface area contributed by atoms with Gasteiger partial charge in [0.1, 0.15) is 0 Å². The Morgan fingerprint density at radius 2 is 1.67 bits per heavy atom.